The minimum absolute atomic E-state index is 0.338. The first-order valence-electron chi connectivity index (χ1n) is 14.0. The number of anilines is 1. The highest BCUT2D eigenvalue weighted by molar-refractivity contribution is 5.91. The zero-order chi connectivity index (χ0) is 27.2. The van der Waals surface area contributed by atoms with Crippen molar-refractivity contribution in [3.05, 3.63) is 172 Å². The van der Waals surface area contributed by atoms with Crippen LogP contribution in [0.1, 0.15) is 56.6 Å². The van der Waals surface area contributed by atoms with Gasteiger partial charge in [0.2, 0.25) is 0 Å². The number of hydrogen-bond acceptors (Lipinski definition) is 2. The van der Waals surface area contributed by atoms with Crippen LogP contribution in [0.15, 0.2) is 133 Å². The topological polar surface area (TPSA) is 40.5 Å². The standard InChI is InChI=1S/C37H31NO2/c39-35(40)27-25-32-34-33(26-27)37(30-17-9-3-10-18-30,31-19-11-4-12-20-31)22-24-38(34)23-21-36(32,28-13-5-1-6-14-28)29-15-7-2-8-16-29/h1-20,25-26H,21-24H2,(H,39,40). The average molecular weight is 522 g/mol. The number of hydrogen-bond donors (Lipinski definition) is 1. The predicted molar refractivity (Wildman–Crippen MR) is 160 cm³/mol. The first kappa shape index (κ1) is 24.4. The summed E-state index contributed by atoms with van der Waals surface area (Å²) in [6.45, 7) is 1.80. The minimum Gasteiger partial charge on any atom is -0.478 e. The molecule has 0 saturated carbocycles. The van der Waals surface area contributed by atoms with E-state index in [1.165, 1.54) is 27.9 Å². The molecule has 0 fully saturated rings. The summed E-state index contributed by atoms with van der Waals surface area (Å²) in [5.74, 6) is -0.896. The number of nitrogens with zero attached hydrogens (tertiary/aromatic N) is 1. The Morgan fingerprint density at radius 1 is 0.550 bits per heavy atom. The van der Waals surface area contributed by atoms with Crippen LogP contribution in [0.25, 0.3) is 0 Å². The zero-order valence-corrected chi connectivity index (χ0v) is 22.3. The highest BCUT2D eigenvalue weighted by Crippen LogP contribution is 2.57. The van der Waals surface area contributed by atoms with Gasteiger partial charge in [0.25, 0.3) is 0 Å². The third kappa shape index (κ3) is 3.54. The molecule has 0 bridgehead atoms. The lowest BCUT2D eigenvalue weighted by Gasteiger charge is -2.52. The van der Waals surface area contributed by atoms with Gasteiger partial charge in [-0.2, -0.15) is 0 Å². The Kier molecular flexibility index (Phi) is 5.82. The molecule has 0 aromatic heterocycles. The fraction of sp³-hybridized carbons (Fsp3) is 0.162. The zero-order valence-electron chi connectivity index (χ0n) is 22.3. The molecule has 40 heavy (non-hydrogen) atoms. The maximum absolute atomic E-state index is 12.8. The number of aromatic carboxylic acids is 1. The number of rotatable bonds is 5. The molecule has 0 radical (unpaired) electrons. The van der Waals surface area contributed by atoms with Gasteiger partial charge in [-0.15, -0.1) is 0 Å². The molecule has 2 aliphatic rings. The van der Waals surface area contributed by atoms with Gasteiger partial charge in [-0.3, -0.25) is 0 Å². The summed E-state index contributed by atoms with van der Waals surface area (Å²) in [6, 6.07) is 46.5. The van der Waals surface area contributed by atoms with E-state index in [1.807, 2.05) is 12.1 Å². The fourth-order valence-corrected chi connectivity index (χ4v) is 7.38. The average Bonchev–Trinajstić information content (AvgIpc) is 3.03. The first-order valence-corrected chi connectivity index (χ1v) is 14.0. The molecule has 5 aromatic rings. The Labute approximate surface area is 235 Å². The van der Waals surface area contributed by atoms with Crippen LogP contribution in [0.4, 0.5) is 5.69 Å². The molecule has 2 heterocycles. The Hall–Kier alpha value is -4.63. The minimum atomic E-state index is -0.896. The van der Waals surface area contributed by atoms with Gasteiger partial charge >= 0.3 is 5.97 Å². The number of carbonyl (C=O) groups is 1. The van der Waals surface area contributed by atoms with Gasteiger partial charge in [-0.05, 0) is 58.4 Å². The Balaban J connectivity index is 1.63. The molecule has 3 heteroatoms. The molecule has 5 aromatic carbocycles. The van der Waals surface area contributed by atoms with Gasteiger partial charge in [0, 0.05) is 29.6 Å². The van der Waals surface area contributed by atoms with Crippen LogP contribution in [0.2, 0.25) is 0 Å². The van der Waals surface area contributed by atoms with Crippen molar-refractivity contribution in [3.8, 4) is 0 Å². The van der Waals surface area contributed by atoms with Crippen LogP contribution in [-0.4, -0.2) is 24.2 Å². The highest BCUT2D eigenvalue weighted by Gasteiger charge is 2.50. The molecule has 0 spiro atoms. The van der Waals surface area contributed by atoms with Gasteiger partial charge in [0.15, 0.2) is 0 Å². The molecule has 0 atom stereocenters. The third-order valence-electron chi connectivity index (χ3n) is 9.17. The quantitative estimate of drug-likeness (QED) is 0.258. The molecule has 0 unspecified atom stereocenters. The van der Waals surface area contributed by atoms with Crippen molar-refractivity contribution in [2.45, 2.75) is 23.7 Å². The van der Waals surface area contributed by atoms with Gasteiger partial charge in [0.1, 0.15) is 0 Å². The highest BCUT2D eigenvalue weighted by atomic mass is 16.4. The summed E-state index contributed by atoms with van der Waals surface area (Å²) in [6.07, 6.45) is 1.75. The summed E-state index contributed by atoms with van der Waals surface area (Å²) >= 11 is 0. The fourth-order valence-electron chi connectivity index (χ4n) is 7.38. The van der Waals surface area contributed by atoms with Gasteiger partial charge in [0.05, 0.1) is 5.56 Å². The molecule has 7 rings (SSSR count). The third-order valence-corrected chi connectivity index (χ3v) is 9.17. The van der Waals surface area contributed by atoms with Crippen LogP contribution in [0.5, 0.6) is 0 Å². The van der Waals surface area contributed by atoms with Crippen molar-refractivity contribution in [1.82, 2.24) is 0 Å². The van der Waals surface area contributed by atoms with Crippen molar-refractivity contribution in [2.24, 2.45) is 0 Å². The Morgan fingerprint density at radius 2 is 0.875 bits per heavy atom. The lowest BCUT2D eigenvalue weighted by Crippen LogP contribution is -2.49. The van der Waals surface area contributed by atoms with Crippen molar-refractivity contribution in [2.75, 3.05) is 18.0 Å². The van der Waals surface area contributed by atoms with E-state index in [-0.39, 0.29) is 0 Å². The summed E-state index contributed by atoms with van der Waals surface area (Å²) in [5, 5.41) is 10.5. The maximum atomic E-state index is 12.8. The van der Waals surface area contributed by atoms with Gasteiger partial charge in [-0.25, -0.2) is 4.79 Å². The molecule has 2 aliphatic heterocycles. The SMILES string of the molecule is O=C(O)c1cc2c3c(c1)C(c1ccccc1)(c1ccccc1)CCN3CCC2(c1ccccc1)c1ccccc1. The van der Waals surface area contributed by atoms with Crippen LogP contribution in [0, 0.1) is 0 Å². The molecular formula is C37H31NO2. The second-order valence-corrected chi connectivity index (χ2v) is 11.0. The van der Waals surface area contributed by atoms with Crippen LogP contribution in [-0.2, 0) is 10.8 Å². The van der Waals surface area contributed by atoms with Crippen molar-refractivity contribution >= 4 is 11.7 Å². The molecular weight excluding hydrogens is 490 g/mol. The molecule has 1 N–H and O–H groups in total. The van der Waals surface area contributed by atoms with E-state index in [0.29, 0.717) is 5.56 Å². The van der Waals surface area contributed by atoms with Crippen molar-refractivity contribution in [1.29, 1.82) is 0 Å². The Bertz CT molecular complexity index is 1470. The lowest BCUT2D eigenvalue weighted by atomic mass is 9.59. The number of carboxylic acids is 1. The molecule has 196 valence electrons. The van der Waals surface area contributed by atoms with E-state index in [2.05, 4.69) is 126 Å². The molecule has 0 aliphatic carbocycles. The molecule has 0 amide bonds. The van der Waals surface area contributed by atoms with E-state index < -0.39 is 16.8 Å². The maximum Gasteiger partial charge on any atom is 0.335 e. The van der Waals surface area contributed by atoms with E-state index in [0.717, 1.165) is 37.1 Å². The predicted octanol–water partition coefficient (Wildman–Crippen LogP) is 7.67. The monoisotopic (exact) mass is 521 g/mol. The van der Waals surface area contributed by atoms with Gasteiger partial charge in [-0.1, -0.05) is 121 Å². The van der Waals surface area contributed by atoms with Gasteiger partial charge < -0.3 is 10.0 Å². The Morgan fingerprint density at radius 3 is 1.18 bits per heavy atom. The van der Waals surface area contributed by atoms with E-state index in [1.54, 1.807) is 0 Å². The first-order chi connectivity index (χ1) is 19.6. The van der Waals surface area contributed by atoms with E-state index in [4.69, 9.17) is 0 Å². The van der Waals surface area contributed by atoms with Crippen molar-refractivity contribution < 1.29 is 9.90 Å². The second-order valence-electron chi connectivity index (χ2n) is 11.0. The molecule has 0 saturated heterocycles. The van der Waals surface area contributed by atoms with Crippen LogP contribution >= 0.6 is 0 Å². The lowest BCUT2D eigenvalue weighted by molar-refractivity contribution is 0.0696. The normalized spacial score (nSPS) is 16.6. The largest absolute Gasteiger partial charge is 0.478 e. The molecule has 3 nitrogen and oxygen atoms in total. The summed E-state index contributed by atoms with van der Waals surface area (Å²) in [4.78, 5) is 15.3. The van der Waals surface area contributed by atoms with E-state index in [9.17, 15) is 9.90 Å². The number of carboxylic acid groups (broad SMARTS) is 1. The summed E-state index contributed by atoms with van der Waals surface area (Å²) in [7, 11) is 0. The second kappa shape index (κ2) is 9.53. The van der Waals surface area contributed by atoms with Crippen molar-refractivity contribution in [3.63, 3.8) is 0 Å². The summed E-state index contributed by atoms with van der Waals surface area (Å²) < 4.78 is 0. The summed E-state index contributed by atoms with van der Waals surface area (Å²) in [5.41, 5.74) is 7.54. The van der Waals surface area contributed by atoms with Crippen LogP contribution in [0.3, 0.4) is 0 Å². The smallest absolute Gasteiger partial charge is 0.335 e. The van der Waals surface area contributed by atoms with E-state index >= 15 is 0 Å². The van der Waals surface area contributed by atoms with Crippen LogP contribution < -0.4 is 4.90 Å². The number of benzene rings is 5.